The molecule has 1 heterocycles. The van der Waals surface area contributed by atoms with Gasteiger partial charge in [-0.05, 0) is 32.1 Å². The lowest BCUT2D eigenvalue weighted by Crippen LogP contribution is -2.22. The first kappa shape index (κ1) is 15.5. The van der Waals surface area contributed by atoms with Gasteiger partial charge in [0.1, 0.15) is 0 Å². The molecule has 3 nitrogen and oxygen atoms in total. The standard InChI is InChI=1S/C15H27NO2/c16-12-8-5-3-1-2-4-6-9-13-17-15-11-7-10-14-18-15/h15H,1-11,13-14H2. The number of nitrogens with zero attached hydrogens (tertiary/aromatic N) is 1. The Labute approximate surface area is 111 Å². The smallest absolute Gasteiger partial charge is 0.157 e. The van der Waals surface area contributed by atoms with Crippen molar-refractivity contribution in [1.29, 1.82) is 5.26 Å². The van der Waals surface area contributed by atoms with E-state index in [-0.39, 0.29) is 6.29 Å². The van der Waals surface area contributed by atoms with E-state index in [1.165, 1.54) is 44.9 Å². The molecule has 3 heteroatoms. The van der Waals surface area contributed by atoms with Gasteiger partial charge in [0.25, 0.3) is 0 Å². The molecule has 0 aromatic rings. The van der Waals surface area contributed by atoms with Crippen molar-refractivity contribution in [2.24, 2.45) is 0 Å². The first-order valence-corrected chi connectivity index (χ1v) is 7.53. The molecule has 1 saturated heterocycles. The van der Waals surface area contributed by atoms with Crippen LogP contribution in [0.15, 0.2) is 0 Å². The summed E-state index contributed by atoms with van der Waals surface area (Å²) in [5.74, 6) is 0. The van der Waals surface area contributed by atoms with Gasteiger partial charge < -0.3 is 9.47 Å². The summed E-state index contributed by atoms with van der Waals surface area (Å²) < 4.78 is 11.2. The van der Waals surface area contributed by atoms with Crippen LogP contribution in [0, 0.1) is 11.3 Å². The van der Waals surface area contributed by atoms with Crippen LogP contribution in [0.4, 0.5) is 0 Å². The second-order valence-corrected chi connectivity index (χ2v) is 5.05. The van der Waals surface area contributed by atoms with Gasteiger partial charge in [0.05, 0.1) is 6.07 Å². The molecule has 0 saturated carbocycles. The largest absolute Gasteiger partial charge is 0.353 e. The van der Waals surface area contributed by atoms with Crippen molar-refractivity contribution in [2.45, 2.75) is 76.9 Å². The van der Waals surface area contributed by atoms with Gasteiger partial charge in [-0.1, -0.05) is 32.1 Å². The first-order chi connectivity index (χ1) is 8.93. The second kappa shape index (κ2) is 11.5. The Balaban J connectivity index is 1.74. The third-order valence-electron chi connectivity index (χ3n) is 3.37. The maximum atomic E-state index is 8.40. The van der Waals surface area contributed by atoms with E-state index in [1.807, 2.05) is 0 Å². The van der Waals surface area contributed by atoms with Crippen molar-refractivity contribution < 1.29 is 9.47 Å². The molecule has 18 heavy (non-hydrogen) atoms. The first-order valence-electron chi connectivity index (χ1n) is 7.53. The van der Waals surface area contributed by atoms with E-state index >= 15 is 0 Å². The average Bonchev–Trinajstić information content (AvgIpc) is 2.42. The summed E-state index contributed by atoms with van der Waals surface area (Å²) in [6.07, 6.45) is 12.8. The van der Waals surface area contributed by atoms with Gasteiger partial charge in [0.2, 0.25) is 0 Å². The van der Waals surface area contributed by atoms with Crippen molar-refractivity contribution in [2.75, 3.05) is 13.2 Å². The van der Waals surface area contributed by atoms with Gasteiger partial charge in [0, 0.05) is 19.6 Å². The lowest BCUT2D eigenvalue weighted by Gasteiger charge is -2.22. The average molecular weight is 253 g/mol. The Morgan fingerprint density at radius 1 is 1.00 bits per heavy atom. The molecule has 0 aliphatic carbocycles. The zero-order valence-corrected chi connectivity index (χ0v) is 11.5. The summed E-state index contributed by atoms with van der Waals surface area (Å²) in [4.78, 5) is 0. The molecule has 0 amide bonds. The predicted octanol–water partition coefficient (Wildman–Crippen LogP) is 4.17. The normalized spacial score (nSPS) is 19.6. The van der Waals surface area contributed by atoms with Crippen LogP contribution in [0.1, 0.15) is 70.6 Å². The topological polar surface area (TPSA) is 42.2 Å². The van der Waals surface area contributed by atoms with Gasteiger partial charge in [0.15, 0.2) is 6.29 Å². The van der Waals surface area contributed by atoms with E-state index < -0.39 is 0 Å². The lowest BCUT2D eigenvalue weighted by atomic mass is 10.1. The fourth-order valence-electron chi connectivity index (χ4n) is 2.25. The molecule has 1 atom stereocenters. The van der Waals surface area contributed by atoms with Crippen LogP contribution in [0.5, 0.6) is 0 Å². The maximum Gasteiger partial charge on any atom is 0.157 e. The van der Waals surface area contributed by atoms with Gasteiger partial charge in [-0.15, -0.1) is 0 Å². The van der Waals surface area contributed by atoms with E-state index in [0.29, 0.717) is 0 Å². The quantitative estimate of drug-likeness (QED) is 0.549. The zero-order chi connectivity index (χ0) is 12.9. The van der Waals surface area contributed by atoms with Crippen molar-refractivity contribution in [1.82, 2.24) is 0 Å². The molecular formula is C15H27NO2. The van der Waals surface area contributed by atoms with Crippen LogP contribution in [0.3, 0.4) is 0 Å². The number of hydrogen-bond acceptors (Lipinski definition) is 3. The SMILES string of the molecule is N#CCCCCCCCCCOC1CCCCO1. The van der Waals surface area contributed by atoms with Crippen LogP contribution in [-0.4, -0.2) is 19.5 Å². The van der Waals surface area contributed by atoms with E-state index in [4.69, 9.17) is 14.7 Å². The molecule has 104 valence electrons. The van der Waals surface area contributed by atoms with Crippen molar-refractivity contribution in [3.05, 3.63) is 0 Å². The van der Waals surface area contributed by atoms with Crippen molar-refractivity contribution >= 4 is 0 Å². The van der Waals surface area contributed by atoms with Gasteiger partial charge in [-0.25, -0.2) is 0 Å². The maximum absolute atomic E-state index is 8.40. The number of unbranched alkanes of at least 4 members (excludes halogenated alkanes) is 7. The van der Waals surface area contributed by atoms with Crippen molar-refractivity contribution in [3.8, 4) is 6.07 Å². The molecule has 1 rings (SSSR count). The van der Waals surface area contributed by atoms with Crippen LogP contribution in [-0.2, 0) is 9.47 Å². The summed E-state index contributed by atoms with van der Waals surface area (Å²) in [6.45, 7) is 1.71. The highest BCUT2D eigenvalue weighted by atomic mass is 16.7. The molecule has 1 unspecified atom stereocenters. The fourth-order valence-corrected chi connectivity index (χ4v) is 2.25. The number of ether oxygens (including phenoxy) is 2. The third-order valence-corrected chi connectivity index (χ3v) is 3.37. The minimum absolute atomic E-state index is 0.0738. The molecule has 1 fully saturated rings. The number of nitriles is 1. The van der Waals surface area contributed by atoms with Crippen LogP contribution in [0.25, 0.3) is 0 Å². The Kier molecular flexibility index (Phi) is 9.88. The molecule has 0 bridgehead atoms. The molecule has 0 aromatic heterocycles. The fraction of sp³-hybridized carbons (Fsp3) is 0.933. The van der Waals surface area contributed by atoms with E-state index in [0.717, 1.165) is 38.9 Å². The molecule has 0 radical (unpaired) electrons. The molecular weight excluding hydrogens is 226 g/mol. The van der Waals surface area contributed by atoms with Crippen LogP contribution < -0.4 is 0 Å². The summed E-state index contributed by atoms with van der Waals surface area (Å²) in [6, 6.07) is 2.19. The Morgan fingerprint density at radius 3 is 2.39 bits per heavy atom. The number of rotatable bonds is 10. The Hall–Kier alpha value is -0.590. The highest BCUT2D eigenvalue weighted by molar-refractivity contribution is 4.67. The third kappa shape index (κ3) is 8.49. The minimum atomic E-state index is 0.0738. The monoisotopic (exact) mass is 253 g/mol. The summed E-state index contributed by atoms with van der Waals surface area (Å²) in [7, 11) is 0. The number of hydrogen-bond donors (Lipinski definition) is 0. The van der Waals surface area contributed by atoms with Gasteiger partial charge in [-0.3, -0.25) is 0 Å². The lowest BCUT2D eigenvalue weighted by molar-refractivity contribution is -0.162. The molecule has 1 aliphatic rings. The summed E-state index contributed by atoms with van der Waals surface area (Å²) in [5, 5.41) is 8.40. The molecule has 0 aromatic carbocycles. The summed E-state index contributed by atoms with van der Waals surface area (Å²) in [5.41, 5.74) is 0. The van der Waals surface area contributed by atoms with Gasteiger partial charge in [-0.2, -0.15) is 5.26 Å². The Morgan fingerprint density at radius 2 is 1.72 bits per heavy atom. The van der Waals surface area contributed by atoms with Crippen molar-refractivity contribution in [3.63, 3.8) is 0 Å². The van der Waals surface area contributed by atoms with E-state index in [1.54, 1.807) is 0 Å². The predicted molar refractivity (Wildman–Crippen MR) is 72.1 cm³/mol. The molecule has 1 aliphatic heterocycles. The second-order valence-electron chi connectivity index (χ2n) is 5.05. The molecule has 0 spiro atoms. The highest BCUT2D eigenvalue weighted by Crippen LogP contribution is 2.14. The van der Waals surface area contributed by atoms with E-state index in [9.17, 15) is 0 Å². The van der Waals surface area contributed by atoms with Crippen LogP contribution in [0.2, 0.25) is 0 Å². The van der Waals surface area contributed by atoms with Crippen LogP contribution >= 0.6 is 0 Å². The Bertz CT molecular complexity index is 219. The van der Waals surface area contributed by atoms with E-state index in [2.05, 4.69) is 6.07 Å². The van der Waals surface area contributed by atoms with Gasteiger partial charge >= 0.3 is 0 Å². The minimum Gasteiger partial charge on any atom is -0.353 e. The highest BCUT2D eigenvalue weighted by Gasteiger charge is 2.13. The molecule has 0 N–H and O–H groups in total. The zero-order valence-electron chi connectivity index (χ0n) is 11.5. The summed E-state index contributed by atoms with van der Waals surface area (Å²) >= 11 is 0.